The SMILES string of the molecule is CCc1sc(NC(=O)[C@H]2CC(C)=C(C)C[C@H]2C(=O)O)c(C(=O)OC)c1-c1ccccc1. The molecule has 0 aliphatic heterocycles. The van der Waals surface area contributed by atoms with E-state index < -0.39 is 23.8 Å². The maximum Gasteiger partial charge on any atom is 0.341 e. The summed E-state index contributed by atoms with van der Waals surface area (Å²) in [6, 6.07) is 9.51. The third-order valence-electron chi connectivity index (χ3n) is 5.91. The van der Waals surface area contributed by atoms with Crippen molar-refractivity contribution in [2.45, 2.75) is 40.0 Å². The molecule has 1 heterocycles. The second-order valence-corrected chi connectivity index (χ2v) is 8.93. The molecule has 7 heteroatoms. The number of ether oxygens (including phenoxy) is 1. The van der Waals surface area contributed by atoms with Crippen molar-refractivity contribution in [3.8, 4) is 11.1 Å². The summed E-state index contributed by atoms with van der Waals surface area (Å²) < 4.78 is 5.03. The van der Waals surface area contributed by atoms with Crippen molar-refractivity contribution in [1.29, 1.82) is 0 Å². The van der Waals surface area contributed by atoms with Gasteiger partial charge >= 0.3 is 11.9 Å². The summed E-state index contributed by atoms with van der Waals surface area (Å²) in [6.07, 6.45) is 1.42. The Kier molecular flexibility index (Phi) is 6.95. The largest absolute Gasteiger partial charge is 0.481 e. The van der Waals surface area contributed by atoms with Gasteiger partial charge in [-0.1, -0.05) is 48.4 Å². The topological polar surface area (TPSA) is 92.7 Å². The first-order valence-electron chi connectivity index (χ1n) is 10.3. The Morgan fingerprint density at radius 1 is 1.10 bits per heavy atom. The number of methoxy groups -OCH3 is 1. The molecule has 0 radical (unpaired) electrons. The number of carbonyl (C=O) groups is 3. The number of thiophene rings is 1. The Labute approximate surface area is 185 Å². The predicted octanol–water partition coefficient (Wildman–Crippen LogP) is 5.15. The number of carbonyl (C=O) groups excluding carboxylic acids is 2. The molecule has 164 valence electrons. The van der Waals surface area contributed by atoms with Crippen LogP contribution in [0.3, 0.4) is 0 Å². The highest BCUT2D eigenvalue weighted by atomic mass is 32.1. The number of benzene rings is 1. The summed E-state index contributed by atoms with van der Waals surface area (Å²) in [6.45, 7) is 5.83. The number of allylic oxidation sites excluding steroid dienone is 2. The first kappa shape index (κ1) is 22.7. The molecular formula is C24H27NO5S. The average molecular weight is 442 g/mol. The van der Waals surface area contributed by atoms with E-state index in [0.717, 1.165) is 27.2 Å². The number of amides is 1. The quantitative estimate of drug-likeness (QED) is 0.478. The van der Waals surface area contributed by atoms with E-state index in [1.54, 1.807) is 0 Å². The molecular weight excluding hydrogens is 414 g/mol. The van der Waals surface area contributed by atoms with Crippen molar-refractivity contribution < 1.29 is 24.2 Å². The minimum atomic E-state index is -0.981. The molecule has 0 spiro atoms. The van der Waals surface area contributed by atoms with Crippen LogP contribution < -0.4 is 5.32 Å². The zero-order valence-electron chi connectivity index (χ0n) is 18.2. The molecule has 1 aromatic carbocycles. The molecule has 3 rings (SSSR count). The van der Waals surface area contributed by atoms with Gasteiger partial charge in [0.1, 0.15) is 10.6 Å². The van der Waals surface area contributed by atoms with Gasteiger partial charge in [-0.3, -0.25) is 9.59 Å². The lowest BCUT2D eigenvalue weighted by atomic mass is 9.76. The van der Waals surface area contributed by atoms with E-state index in [4.69, 9.17) is 4.74 Å². The standard InChI is InChI=1S/C24H27NO5S/c1-5-18-19(15-9-7-6-8-10-15)20(24(29)30-4)22(31-18)25-21(26)16-11-13(2)14(3)12-17(16)23(27)28/h6-10,16-17H,5,11-12H2,1-4H3,(H,25,26)(H,27,28)/t16-,17+/m0/s1. The number of hydrogen-bond acceptors (Lipinski definition) is 5. The lowest BCUT2D eigenvalue weighted by molar-refractivity contribution is -0.146. The molecule has 1 amide bonds. The van der Waals surface area contributed by atoms with Crippen molar-refractivity contribution in [3.63, 3.8) is 0 Å². The zero-order chi connectivity index (χ0) is 22.7. The van der Waals surface area contributed by atoms with Crippen LogP contribution in [-0.4, -0.2) is 30.1 Å². The molecule has 0 fully saturated rings. The Balaban J connectivity index is 2.03. The van der Waals surface area contributed by atoms with E-state index in [1.165, 1.54) is 18.4 Å². The van der Waals surface area contributed by atoms with Crippen LogP contribution in [0.2, 0.25) is 0 Å². The molecule has 0 saturated heterocycles. The Morgan fingerprint density at radius 3 is 2.26 bits per heavy atom. The molecule has 0 unspecified atom stereocenters. The highest BCUT2D eigenvalue weighted by Crippen LogP contribution is 2.42. The van der Waals surface area contributed by atoms with Crippen molar-refractivity contribution in [2.75, 3.05) is 12.4 Å². The van der Waals surface area contributed by atoms with Crippen LogP contribution in [0.5, 0.6) is 0 Å². The fourth-order valence-electron chi connectivity index (χ4n) is 4.05. The first-order chi connectivity index (χ1) is 14.8. The maximum atomic E-state index is 13.2. The normalized spacial score (nSPS) is 18.6. The highest BCUT2D eigenvalue weighted by molar-refractivity contribution is 7.17. The highest BCUT2D eigenvalue weighted by Gasteiger charge is 2.38. The van der Waals surface area contributed by atoms with Gasteiger partial charge in [0.15, 0.2) is 0 Å². The third kappa shape index (κ3) is 4.56. The fraction of sp³-hybridized carbons (Fsp3) is 0.375. The lowest BCUT2D eigenvalue weighted by Crippen LogP contribution is -2.36. The van der Waals surface area contributed by atoms with Crippen molar-refractivity contribution in [2.24, 2.45) is 11.8 Å². The van der Waals surface area contributed by atoms with Gasteiger partial charge in [0.05, 0.1) is 18.9 Å². The van der Waals surface area contributed by atoms with Crippen molar-refractivity contribution >= 4 is 34.2 Å². The number of nitrogens with one attached hydrogen (secondary N) is 1. The summed E-state index contributed by atoms with van der Waals surface area (Å²) in [5.41, 5.74) is 3.99. The van der Waals surface area contributed by atoms with Gasteiger partial charge < -0.3 is 15.2 Å². The minimum Gasteiger partial charge on any atom is -0.481 e. The average Bonchev–Trinajstić information content (AvgIpc) is 3.13. The Hall–Kier alpha value is -2.93. The Morgan fingerprint density at radius 2 is 1.71 bits per heavy atom. The molecule has 0 bridgehead atoms. The second-order valence-electron chi connectivity index (χ2n) is 7.82. The monoisotopic (exact) mass is 441 g/mol. The first-order valence-corrected chi connectivity index (χ1v) is 11.1. The zero-order valence-corrected chi connectivity index (χ0v) is 19.0. The number of anilines is 1. The van der Waals surface area contributed by atoms with E-state index in [-0.39, 0.29) is 5.91 Å². The van der Waals surface area contributed by atoms with E-state index in [9.17, 15) is 19.5 Å². The maximum absolute atomic E-state index is 13.2. The lowest BCUT2D eigenvalue weighted by Gasteiger charge is -2.29. The summed E-state index contributed by atoms with van der Waals surface area (Å²) in [5.74, 6) is -3.38. The number of aryl methyl sites for hydroxylation is 1. The Bertz CT molecular complexity index is 1040. The van der Waals surface area contributed by atoms with Crippen LogP contribution in [0.4, 0.5) is 5.00 Å². The van der Waals surface area contributed by atoms with Crippen LogP contribution >= 0.6 is 11.3 Å². The smallest absolute Gasteiger partial charge is 0.341 e. The summed E-state index contributed by atoms with van der Waals surface area (Å²) in [4.78, 5) is 38.7. The van der Waals surface area contributed by atoms with Gasteiger partial charge in [-0.25, -0.2) is 4.79 Å². The summed E-state index contributed by atoms with van der Waals surface area (Å²) >= 11 is 1.34. The van der Waals surface area contributed by atoms with E-state index in [1.807, 2.05) is 51.1 Å². The molecule has 1 aliphatic rings. The number of carboxylic acids is 1. The van der Waals surface area contributed by atoms with Gasteiger partial charge in [0.2, 0.25) is 5.91 Å². The molecule has 0 saturated carbocycles. The van der Waals surface area contributed by atoms with Gasteiger partial charge in [-0.05, 0) is 38.7 Å². The summed E-state index contributed by atoms with van der Waals surface area (Å²) in [5, 5.41) is 12.9. The van der Waals surface area contributed by atoms with Crippen LogP contribution in [0, 0.1) is 11.8 Å². The minimum absolute atomic E-state index is 0.315. The molecule has 1 aliphatic carbocycles. The van der Waals surface area contributed by atoms with Gasteiger partial charge in [0.25, 0.3) is 0 Å². The molecule has 1 aromatic heterocycles. The number of hydrogen-bond donors (Lipinski definition) is 2. The van der Waals surface area contributed by atoms with E-state index in [2.05, 4.69) is 5.32 Å². The molecule has 2 N–H and O–H groups in total. The number of carboxylic acid groups (broad SMARTS) is 1. The predicted molar refractivity (Wildman–Crippen MR) is 121 cm³/mol. The van der Waals surface area contributed by atoms with Gasteiger partial charge in [-0.15, -0.1) is 11.3 Å². The van der Waals surface area contributed by atoms with Crippen molar-refractivity contribution in [3.05, 3.63) is 51.9 Å². The van der Waals surface area contributed by atoms with Crippen molar-refractivity contribution in [1.82, 2.24) is 0 Å². The van der Waals surface area contributed by atoms with Crippen LogP contribution in [0.1, 0.15) is 48.8 Å². The fourth-order valence-corrected chi connectivity index (χ4v) is 5.21. The molecule has 6 nitrogen and oxygen atoms in total. The molecule has 2 atom stereocenters. The van der Waals surface area contributed by atoms with E-state index >= 15 is 0 Å². The van der Waals surface area contributed by atoms with Crippen LogP contribution in [0.25, 0.3) is 11.1 Å². The van der Waals surface area contributed by atoms with Gasteiger partial charge in [-0.2, -0.15) is 0 Å². The van der Waals surface area contributed by atoms with Crippen LogP contribution in [-0.2, 0) is 20.7 Å². The molecule has 2 aromatic rings. The van der Waals surface area contributed by atoms with E-state index in [0.29, 0.717) is 29.8 Å². The third-order valence-corrected chi connectivity index (χ3v) is 7.16. The van der Waals surface area contributed by atoms with Crippen LogP contribution in [0.15, 0.2) is 41.5 Å². The summed E-state index contributed by atoms with van der Waals surface area (Å²) in [7, 11) is 1.31. The number of esters is 1. The second kappa shape index (κ2) is 9.47. The van der Waals surface area contributed by atoms with Gasteiger partial charge in [0, 0.05) is 10.4 Å². The number of aliphatic carboxylic acids is 1. The molecule has 31 heavy (non-hydrogen) atoms. The number of rotatable bonds is 6.